The van der Waals surface area contributed by atoms with E-state index in [1.165, 1.54) is 0 Å². The number of hydrogen-bond donors (Lipinski definition) is 0. The molecule has 0 atom stereocenters. The van der Waals surface area contributed by atoms with Gasteiger partial charge in [-0.1, -0.05) is 0 Å². The molecule has 0 rings (SSSR count). The van der Waals surface area contributed by atoms with Gasteiger partial charge in [0.05, 0.1) is 0 Å². The second-order valence-corrected chi connectivity index (χ2v) is 0.250. The molecule has 0 aromatic rings. The molecule has 6 heteroatoms. The van der Waals surface area contributed by atoms with E-state index in [-0.39, 0.29) is 80.9 Å². The predicted molar refractivity (Wildman–Crippen MR) is 16.9 cm³/mol. The first-order valence-corrected chi connectivity index (χ1v) is 0.612. The zero-order valence-corrected chi connectivity index (χ0v) is 9.16. The molecule has 32 valence electrons. The van der Waals surface area contributed by atoms with E-state index in [4.69, 9.17) is 15.0 Å². The molecule has 0 aliphatic heterocycles. The van der Waals surface area contributed by atoms with Gasteiger partial charge in [0.15, 0.2) is 0 Å². The molecule has 0 unspecified atom stereocenters. The van der Waals surface area contributed by atoms with Gasteiger partial charge in [0.25, 0.3) is 0 Å². The van der Waals surface area contributed by atoms with Crippen molar-refractivity contribution in [2.45, 2.75) is 0 Å². The number of carboxylic acid groups (broad SMARTS) is 2. The number of carbonyl (C=O) groups is 1. The van der Waals surface area contributed by atoms with Gasteiger partial charge in [-0.25, -0.2) is 0 Å². The van der Waals surface area contributed by atoms with Gasteiger partial charge >= 0.3 is 68.5 Å². The Hall–Kier alpha value is 1.81. The molecule has 0 aromatic heterocycles. The molecule has 0 saturated carbocycles. The third kappa shape index (κ3) is 80.6. The number of halogens is 1. The molecular weight excluding hydrogens is 207 g/mol. The Bertz CT molecular complexity index is 37.9. The van der Waals surface area contributed by atoms with Crippen molar-refractivity contribution in [3.63, 3.8) is 0 Å². The van der Waals surface area contributed by atoms with Crippen LogP contribution in [0.5, 0.6) is 0 Å². The van der Waals surface area contributed by atoms with Gasteiger partial charge in [0.1, 0.15) is 0 Å². The molecule has 7 heavy (non-hydrogen) atoms. The van der Waals surface area contributed by atoms with Crippen molar-refractivity contribution >= 4 is 74.7 Å². The summed E-state index contributed by atoms with van der Waals surface area (Å²) in [6, 6.07) is 0. The quantitative estimate of drug-likeness (QED) is 0.371. The van der Waals surface area contributed by atoms with Crippen LogP contribution in [0.1, 0.15) is 0 Å². The van der Waals surface area contributed by atoms with Gasteiger partial charge in [-0.05, 0) is 6.16 Å². The van der Waals surface area contributed by atoms with Gasteiger partial charge in [0.2, 0.25) is 0 Å². The minimum absolute atomic E-state index is 0. The standard InChI is InChI=1S/CH2O3.ClH.Mg.Sr/c2-1(3)4;;;/h(H2,2,3,4);1H;;/q;;2*+2/p-3. The summed E-state index contributed by atoms with van der Waals surface area (Å²) in [5.41, 5.74) is 0. The molecule has 0 aliphatic carbocycles. The Morgan fingerprint density at radius 1 is 1.29 bits per heavy atom. The summed E-state index contributed by atoms with van der Waals surface area (Å²) >= 11 is 0. The maximum atomic E-state index is 8.33. The van der Waals surface area contributed by atoms with Crippen LogP contribution in [0, 0.1) is 0 Å². The fraction of sp³-hybridized carbons (Fsp3) is 0. The van der Waals surface area contributed by atoms with Crippen molar-refractivity contribution in [2.75, 3.05) is 0 Å². The molecule has 0 heterocycles. The van der Waals surface area contributed by atoms with Crippen molar-refractivity contribution in [1.29, 1.82) is 0 Å². The average Bonchev–Trinajstić information content (AvgIpc) is 0.811. The third-order valence-electron chi connectivity index (χ3n) is 0. The Kier molecular flexibility index (Phi) is 52.0. The molecule has 0 aromatic carbocycles. The van der Waals surface area contributed by atoms with Crippen molar-refractivity contribution in [3.05, 3.63) is 0 Å². The summed E-state index contributed by atoms with van der Waals surface area (Å²) in [5.74, 6) is 0. The fourth-order valence-corrected chi connectivity index (χ4v) is 0. The van der Waals surface area contributed by atoms with E-state index in [1.807, 2.05) is 0 Å². The summed E-state index contributed by atoms with van der Waals surface area (Å²) in [6.45, 7) is 0. The average molecular weight is 207 g/mol. The van der Waals surface area contributed by atoms with Crippen molar-refractivity contribution < 1.29 is 27.4 Å². The summed E-state index contributed by atoms with van der Waals surface area (Å²) < 4.78 is 0. The normalized spacial score (nSPS) is 3.43. The van der Waals surface area contributed by atoms with Crippen LogP contribution < -0.4 is 22.6 Å². The maximum Gasteiger partial charge on any atom is 2.00 e. The van der Waals surface area contributed by atoms with E-state index >= 15 is 0 Å². The van der Waals surface area contributed by atoms with Crippen LogP contribution in [0.4, 0.5) is 4.79 Å². The van der Waals surface area contributed by atoms with E-state index in [2.05, 4.69) is 0 Å². The minimum Gasteiger partial charge on any atom is -1.00 e. The first kappa shape index (κ1) is 23.2. The van der Waals surface area contributed by atoms with E-state index < -0.39 is 6.16 Å². The zero-order valence-electron chi connectivity index (χ0n) is 3.52. The van der Waals surface area contributed by atoms with Crippen molar-refractivity contribution in [1.82, 2.24) is 0 Å². The van der Waals surface area contributed by atoms with Crippen molar-refractivity contribution in [3.8, 4) is 0 Å². The minimum atomic E-state index is -2.33. The van der Waals surface area contributed by atoms with Gasteiger partial charge in [-0.15, -0.1) is 0 Å². The van der Waals surface area contributed by atoms with Crippen LogP contribution in [-0.4, -0.2) is 74.7 Å². The van der Waals surface area contributed by atoms with Crippen LogP contribution in [0.3, 0.4) is 0 Å². The smallest absolute Gasteiger partial charge is 1.00 e. The Morgan fingerprint density at radius 3 is 1.29 bits per heavy atom. The van der Waals surface area contributed by atoms with E-state index in [1.54, 1.807) is 0 Å². The third-order valence-corrected chi connectivity index (χ3v) is 0. The van der Waals surface area contributed by atoms with Crippen LogP contribution in [-0.2, 0) is 0 Å². The number of carbonyl (C=O) groups excluding carboxylic acids is 1. The van der Waals surface area contributed by atoms with Gasteiger partial charge < -0.3 is 27.4 Å². The summed E-state index contributed by atoms with van der Waals surface area (Å²) in [5, 5.41) is 16.7. The van der Waals surface area contributed by atoms with Crippen LogP contribution in [0.2, 0.25) is 0 Å². The second kappa shape index (κ2) is 15.7. The maximum absolute atomic E-state index is 8.33. The first-order valence-electron chi connectivity index (χ1n) is 0.612. The Balaban J connectivity index is -0.0000000150. The largest absolute Gasteiger partial charge is 2.00 e. The van der Waals surface area contributed by atoms with E-state index in [0.29, 0.717) is 0 Å². The molecule has 3 nitrogen and oxygen atoms in total. The molecular formula is CClMgO3Sr+. The van der Waals surface area contributed by atoms with Crippen LogP contribution >= 0.6 is 0 Å². The molecule has 0 radical (unpaired) electrons. The Labute approximate surface area is 100 Å². The topological polar surface area (TPSA) is 63.2 Å². The Morgan fingerprint density at radius 2 is 1.29 bits per heavy atom. The van der Waals surface area contributed by atoms with Gasteiger partial charge in [-0.3, -0.25) is 0 Å². The first-order chi connectivity index (χ1) is 1.73. The molecule has 0 aliphatic rings. The van der Waals surface area contributed by atoms with Gasteiger partial charge in [0, 0.05) is 0 Å². The summed E-state index contributed by atoms with van der Waals surface area (Å²) in [7, 11) is 0. The molecule has 0 amide bonds. The van der Waals surface area contributed by atoms with Crippen molar-refractivity contribution in [2.24, 2.45) is 0 Å². The monoisotopic (exact) mass is 207 g/mol. The molecule has 0 fully saturated rings. The number of hydrogen-bond acceptors (Lipinski definition) is 3. The van der Waals surface area contributed by atoms with Crippen LogP contribution in [0.25, 0.3) is 0 Å². The SMILES string of the molecule is O=C([O-])[O-].[Cl-].[Mg+2].[Sr+2]. The van der Waals surface area contributed by atoms with Crippen LogP contribution in [0.15, 0.2) is 0 Å². The number of rotatable bonds is 0. The van der Waals surface area contributed by atoms with Gasteiger partial charge in [-0.2, -0.15) is 0 Å². The molecule has 0 saturated heterocycles. The fourth-order valence-electron chi connectivity index (χ4n) is 0. The molecule has 0 N–H and O–H groups in total. The van der Waals surface area contributed by atoms with E-state index in [9.17, 15) is 0 Å². The second-order valence-electron chi connectivity index (χ2n) is 0.250. The predicted octanol–water partition coefficient (Wildman–Crippen LogP) is -6.20. The summed E-state index contributed by atoms with van der Waals surface area (Å²) in [6.07, 6.45) is -2.33. The molecule has 0 spiro atoms. The molecule has 0 bridgehead atoms. The zero-order chi connectivity index (χ0) is 3.58. The summed E-state index contributed by atoms with van der Waals surface area (Å²) in [4.78, 5) is 8.33. The van der Waals surface area contributed by atoms with E-state index in [0.717, 1.165) is 0 Å².